The first-order valence-electron chi connectivity index (χ1n) is 8.87. The van der Waals surface area contributed by atoms with Crippen molar-refractivity contribution >= 4 is 11.8 Å². The number of hydrogen-bond acceptors (Lipinski definition) is 2. The molecule has 2 aliphatic rings. The van der Waals surface area contributed by atoms with Crippen LogP contribution in [0.15, 0.2) is 24.3 Å². The molecule has 4 heteroatoms. The Bertz CT molecular complexity index is 591. The molecule has 2 amide bonds. The second kappa shape index (κ2) is 6.73. The Morgan fingerprint density at radius 3 is 2.74 bits per heavy atom. The van der Waals surface area contributed by atoms with Crippen LogP contribution < -0.4 is 10.6 Å². The summed E-state index contributed by atoms with van der Waals surface area (Å²) in [6.45, 7) is 2.19. The number of unbranched alkanes of at least 4 members (excludes halogenated alkanes) is 1. The van der Waals surface area contributed by atoms with Crippen molar-refractivity contribution in [1.82, 2.24) is 10.6 Å². The average molecular weight is 314 g/mol. The van der Waals surface area contributed by atoms with Crippen molar-refractivity contribution in [2.75, 3.05) is 0 Å². The number of carbonyl (C=O) groups is 2. The quantitative estimate of drug-likeness (QED) is 0.874. The molecule has 0 spiro atoms. The summed E-state index contributed by atoms with van der Waals surface area (Å²) < 4.78 is 0. The number of amides is 2. The van der Waals surface area contributed by atoms with E-state index in [1.165, 1.54) is 19.3 Å². The summed E-state index contributed by atoms with van der Waals surface area (Å²) in [5.41, 5.74) is 1.35. The fraction of sp³-hybridized carbons (Fsp3) is 0.579. The predicted molar refractivity (Wildman–Crippen MR) is 90.1 cm³/mol. The molecule has 1 aliphatic carbocycles. The minimum Gasteiger partial charge on any atom is -0.349 e. The van der Waals surface area contributed by atoms with Gasteiger partial charge in [0.25, 0.3) is 5.91 Å². The standard InChI is InChI=1S/C19H26N2O2/c1-2-3-11-19(12-7-4-8-13-19)21-18(23)16-14-9-5-6-10-15(14)17(22)20-16/h5-6,9-10,16H,2-4,7-8,11-13H2,1H3,(H,20,22)(H,21,23)/t16-/m0/s1. The normalized spacial score (nSPS) is 22.3. The molecule has 2 N–H and O–H groups in total. The van der Waals surface area contributed by atoms with Crippen molar-refractivity contribution in [3.8, 4) is 0 Å². The lowest BCUT2D eigenvalue weighted by atomic mass is 9.78. The summed E-state index contributed by atoms with van der Waals surface area (Å²) in [4.78, 5) is 24.9. The maximum Gasteiger partial charge on any atom is 0.252 e. The lowest BCUT2D eigenvalue weighted by Crippen LogP contribution is -2.52. The molecule has 124 valence electrons. The Morgan fingerprint density at radius 1 is 1.26 bits per heavy atom. The van der Waals surface area contributed by atoms with Crippen molar-refractivity contribution in [3.05, 3.63) is 35.4 Å². The molecule has 1 aromatic carbocycles. The smallest absolute Gasteiger partial charge is 0.252 e. The molecule has 0 bridgehead atoms. The average Bonchev–Trinajstić information content (AvgIpc) is 2.91. The zero-order chi connectivity index (χ0) is 16.3. The summed E-state index contributed by atoms with van der Waals surface area (Å²) in [7, 11) is 0. The molecule has 1 fully saturated rings. The van der Waals surface area contributed by atoms with Crippen LogP contribution in [0.25, 0.3) is 0 Å². The Kier molecular flexibility index (Phi) is 4.69. The van der Waals surface area contributed by atoms with Gasteiger partial charge in [0, 0.05) is 11.1 Å². The summed E-state index contributed by atoms with van der Waals surface area (Å²) in [6.07, 6.45) is 9.04. The molecule has 0 aromatic heterocycles. The number of benzene rings is 1. The molecule has 23 heavy (non-hydrogen) atoms. The highest BCUT2D eigenvalue weighted by Gasteiger charge is 2.38. The third kappa shape index (κ3) is 3.26. The van der Waals surface area contributed by atoms with E-state index >= 15 is 0 Å². The van der Waals surface area contributed by atoms with E-state index in [1.54, 1.807) is 6.07 Å². The monoisotopic (exact) mass is 314 g/mol. The summed E-state index contributed by atoms with van der Waals surface area (Å²) in [5, 5.41) is 6.15. The fourth-order valence-electron chi connectivity index (χ4n) is 3.96. The Balaban J connectivity index is 1.76. The van der Waals surface area contributed by atoms with Gasteiger partial charge in [0.05, 0.1) is 0 Å². The highest BCUT2D eigenvalue weighted by atomic mass is 16.2. The molecule has 0 unspecified atom stereocenters. The molecule has 0 radical (unpaired) electrons. The third-order valence-corrected chi connectivity index (χ3v) is 5.26. The van der Waals surface area contributed by atoms with E-state index in [-0.39, 0.29) is 17.4 Å². The van der Waals surface area contributed by atoms with Crippen molar-refractivity contribution in [3.63, 3.8) is 0 Å². The number of nitrogens with one attached hydrogen (secondary N) is 2. The summed E-state index contributed by atoms with van der Waals surface area (Å²) in [6, 6.07) is 6.83. The zero-order valence-electron chi connectivity index (χ0n) is 13.9. The SMILES string of the molecule is CCCCC1(NC(=O)[C@H]2NC(=O)c3ccccc32)CCCCC1. The second-order valence-electron chi connectivity index (χ2n) is 6.93. The van der Waals surface area contributed by atoms with Crippen molar-refractivity contribution < 1.29 is 9.59 Å². The van der Waals surface area contributed by atoms with E-state index in [1.807, 2.05) is 18.2 Å². The van der Waals surface area contributed by atoms with Crippen LogP contribution >= 0.6 is 0 Å². The minimum absolute atomic E-state index is 0.0543. The topological polar surface area (TPSA) is 58.2 Å². The van der Waals surface area contributed by atoms with Gasteiger partial charge in [0.1, 0.15) is 6.04 Å². The van der Waals surface area contributed by atoms with Crippen LogP contribution in [-0.4, -0.2) is 17.4 Å². The lowest BCUT2D eigenvalue weighted by molar-refractivity contribution is -0.125. The molecule has 1 saturated carbocycles. The Hall–Kier alpha value is -1.84. The van der Waals surface area contributed by atoms with E-state index in [2.05, 4.69) is 17.6 Å². The van der Waals surface area contributed by atoms with E-state index in [9.17, 15) is 9.59 Å². The first-order chi connectivity index (χ1) is 11.2. The van der Waals surface area contributed by atoms with Gasteiger partial charge in [-0.1, -0.05) is 57.2 Å². The van der Waals surface area contributed by atoms with E-state index in [4.69, 9.17) is 0 Å². The molecule has 1 heterocycles. The molecular formula is C19H26N2O2. The van der Waals surface area contributed by atoms with Crippen molar-refractivity contribution in [2.45, 2.75) is 69.9 Å². The van der Waals surface area contributed by atoms with Crippen molar-refractivity contribution in [2.24, 2.45) is 0 Å². The molecule has 0 saturated heterocycles. The first-order valence-corrected chi connectivity index (χ1v) is 8.87. The maximum atomic E-state index is 12.9. The van der Waals surface area contributed by atoms with Gasteiger partial charge < -0.3 is 10.6 Å². The van der Waals surface area contributed by atoms with Crippen LogP contribution in [0.5, 0.6) is 0 Å². The van der Waals surface area contributed by atoms with Gasteiger partial charge in [0.2, 0.25) is 5.91 Å². The van der Waals surface area contributed by atoms with Crippen LogP contribution in [0.3, 0.4) is 0 Å². The van der Waals surface area contributed by atoms with Gasteiger partial charge in [-0.15, -0.1) is 0 Å². The number of hydrogen-bond donors (Lipinski definition) is 2. The van der Waals surface area contributed by atoms with Crippen molar-refractivity contribution in [1.29, 1.82) is 0 Å². The Labute approximate surface area is 138 Å². The van der Waals surface area contributed by atoms with Crippen LogP contribution in [-0.2, 0) is 4.79 Å². The fourth-order valence-corrected chi connectivity index (χ4v) is 3.96. The van der Waals surface area contributed by atoms with Crippen LogP contribution in [0.1, 0.15) is 80.3 Å². The van der Waals surface area contributed by atoms with Gasteiger partial charge in [-0.3, -0.25) is 9.59 Å². The maximum absolute atomic E-state index is 12.9. The highest BCUT2D eigenvalue weighted by Crippen LogP contribution is 2.34. The molecule has 4 nitrogen and oxygen atoms in total. The molecular weight excluding hydrogens is 288 g/mol. The second-order valence-corrected chi connectivity index (χ2v) is 6.93. The van der Waals surface area contributed by atoms with Gasteiger partial charge in [-0.05, 0) is 30.9 Å². The third-order valence-electron chi connectivity index (χ3n) is 5.26. The van der Waals surface area contributed by atoms with Gasteiger partial charge in [0.15, 0.2) is 0 Å². The largest absolute Gasteiger partial charge is 0.349 e. The number of fused-ring (bicyclic) bond motifs is 1. The molecule has 1 aliphatic heterocycles. The lowest BCUT2D eigenvalue weighted by Gasteiger charge is -2.39. The minimum atomic E-state index is -0.542. The van der Waals surface area contributed by atoms with Gasteiger partial charge >= 0.3 is 0 Å². The van der Waals surface area contributed by atoms with E-state index in [0.717, 1.165) is 37.7 Å². The van der Waals surface area contributed by atoms with Crippen LogP contribution in [0, 0.1) is 0 Å². The molecule has 3 rings (SSSR count). The Morgan fingerprint density at radius 2 is 2.00 bits per heavy atom. The number of carbonyl (C=O) groups excluding carboxylic acids is 2. The highest BCUT2D eigenvalue weighted by molar-refractivity contribution is 6.04. The number of rotatable bonds is 5. The predicted octanol–water partition coefficient (Wildman–Crippen LogP) is 3.48. The van der Waals surface area contributed by atoms with Crippen LogP contribution in [0.2, 0.25) is 0 Å². The molecule has 1 atom stereocenters. The summed E-state index contributed by atoms with van der Waals surface area (Å²) >= 11 is 0. The molecule has 1 aromatic rings. The van der Waals surface area contributed by atoms with Gasteiger partial charge in [-0.25, -0.2) is 0 Å². The van der Waals surface area contributed by atoms with Gasteiger partial charge in [-0.2, -0.15) is 0 Å². The van der Waals surface area contributed by atoms with E-state index < -0.39 is 6.04 Å². The first kappa shape index (κ1) is 16.0. The van der Waals surface area contributed by atoms with Crippen LogP contribution in [0.4, 0.5) is 0 Å². The van der Waals surface area contributed by atoms with E-state index in [0.29, 0.717) is 5.56 Å². The summed E-state index contributed by atoms with van der Waals surface area (Å²) in [5.74, 6) is -0.201. The zero-order valence-corrected chi connectivity index (χ0v) is 13.9.